The van der Waals surface area contributed by atoms with Crippen molar-refractivity contribution in [2.45, 2.75) is 19.3 Å². The van der Waals surface area contributed by atoms with Gasteiger partial charge in [0.05, 0.1) is 23.1 Å². The van der Waals surface area contributed by atoms with E-state index in [1.165, 1.54) is 6.20 Å². The zero-order valence-electron chi connectivity index (χ0n) is 15.9. The third-order valence-corrected chi connectivity index (χ3v) is 5.17. The number of alkyl halides is 3. The van der Waals surface area contributed by atoms with Crippen molar-refractivity contribution in [2.75, 3.05) is 26.2 Å². The van der Waals surface area contributed by atoms with E-state index in [4.69, 9.17) is 0 Å². The Balaban J connectivity index is 1.34. The summed E-state index contributed by atoms with van der Waals surface area (Å²) in [6.45, 7) is 4.48. The first kappa shape index (κ1) is 19.6. The van der Waals surface area contributed by atoms with E-state index >= 15 is 0 Å². The van der Waals surface area contributed by atoms with Crippen LogP contribution in [0, 0.1) is 0 Å². The zero-order valence-corrected chi connectivity index (χ0v) is 15.9. The third kappa shape index (κ3) is 4.83. The van der Waals surface area contributed by atoms with E-state index in [9.17, 15) is 13.2 Å². The fraction of sp³-hybridized carbons (Fsp3) is 0.333. The van der Waals surface area contributed by atoms with Gasteiger partial charge in [-0.1, -0.05) is 30.3 Å². The summed E-state index contributed by atoms with van der Waals surface area (Å²) in [7, 11) is 0. The van der Waals surface area contributed by atoms with Crippen molar-refractivity contribution in [3.05, 3.63) is 71.7 Å². The number of H-pyrrole nitrogens is 1. The lowest BCUT2D eigenvalue weighted by atomic mass is 10.1. The molecule has 3 heterocycles. The van der Waals surface area contributed by atoms with E-state index in [-0.39, 0.29) is 0 Å². The van der Waals surface area contributed by atoms with Crippen LogP contribution < -0.4 is 0 Å². The van der Waals surface area contributed by atoms with Crippen molar-refractivity contribution in [1.82, 2.24) is 25.0 Å². The molecule has 0 amide bonds. The minimum absolute atomic E-state index is 0.429. The molecule has 3 aromatic rings. The number of rotatable bonds is 5. The van der Waals surface area contributed by atoms with Gasteiger partial charge in [0.1, 0.15) is 0 Å². The molecule has 0 radical (unpaired) electrons. The molecule has 0 aliphatic carbocycles. The SMILES string of the molecule is FC(F)(F)c1ccnc(CN2CCN(Cc3cn[nH]c3-c3ccccc3)CC2)c1. The number of halogens is 3. The number of piperazine rings is 1. The number of hydrogen-bond donors (Lipinski definition) is 1. The van der Waals surface area contributed by atoms with Gasteiger partial charge in [-0.3, -0.25) is 19.9 Å². The monoisotopic (exact) mass is 401 g/mol. The van der Waals surface area contributed by atoms with Gasteiger partial charge >= 0.3 is 6.18 Å². The number of pyridine rings is 1. The molecule has 0 atom stereocenters. The molecule has 2 aromatic heterocycles. The molecule has 5 nitrogen and oxygen atoms in total. The summed E-state index contributed by atoms with van der Waals surface area (Å²) in [6, 6.07) is 12.2. The maximum atomic E-state index is 12.9. The van der Waals surface area contributed by atoms with Crippen molar-refractivity contribution in [3.8, 4) is 11.3 Å². The molecule has 1 fully saturated rings. The van der Waals surface area contributed by atoms with Crippen LogP contribution >= 0.6 is 0 Å². The molecule has 1 aliphatic heterocycles. The van der Waals surface area contributed by atoms with Gasteiger partial charge < -0.3 is 0 Å². The van der Waals surface area contributed by atoms with Crippen LogP contribution in [0.2, 0.25) is 0 Å². The number of aromatic nitrogens is 3. The second-order valence-electron chi connectivity index (χ2n) is 7.22. The fourth-order valence-corrected chi connectivity index (χ4v) is 3.60. The topological polar surface area (TPSA) is 48.1 Å². The first-order valence-electron chi connectivity index (χ1n) is 9.53. The summed E-state index contributed by atoms with van der Waals surface area (Å²) < 4.78 is 38.6. The van der Waals surface area contributed by atoms with Crippen LogP contribution in [0.25, 0.3) is 11.3 Å². The highest BCUT2D eigenvalue weighted by molar-refractivity contribution is 5.62. The van der Waals surface area contributed by atoms with Gasteiger partial charge in [-0.2, -0.15) is 18.3 Å². The third-order valence-electron chi connectivity index (χ3n) is 5.17. The van der Waals surface area contributed by atoms with Crippen LogP contribution in [0.15, 0.2) is 54.9 Å². The van der Waals surface area contributed by atoms with Gasteiger partial charge in [0.2, 0.25) is 0 Å². The second-order valence-corrected chi connectivity index (χ2v) is 7.22. The van der Waals surface area contributed by atoms with Gasteiger partial charge in [-0.05, 0) is 17.7 Å². The second kappa shape index (κ2) is 8.34. The normalized spacial score (nSPS) is 16.2. The Morgan fingerprint density at radius 2 is 1.62 bits per heavy atom. The molecule has 0 unspecified atom stereocenters. The lowest BCUT2D eigenvalue weighted by Crippen LogP contribution is -2.45. The summed E-state index contributed by atoms with van der Waals surface area (Å²) in [5.74, 6) is 0. The lowest BCUT2D eigenvalue weighted by Gasteiger charge is -2.34. The molecule has 1 saturated heterocycles. The van der Waals surface area contributed by atoms with Gasteiger partial charge in [-0.25, -0.2) is 0 Å². The fourth-order valence-electron chi connectivity index (χ4n) is 3.60. The Morgan fingerprint density at radius 1 is 0.931 bits per heavy atom. The first-order valence-corrected chi connectivity index (χ1v) is 9.53. The van der Waals surface area contributed by atoms with E-state index in [0.717, 1.165) is 61.7 Å². The minimum atomic E-state index is -4.34. The van der Waals surface area contributed by atoms with Crippen LogP contribution in [0.3, 0.4) is 0 Å². The molecule has 0 saturated carbocycles. The van der Waals surface area contributed by atoms with Gasteiger partial charge in [0, 0.05) is 51.0 Å². The van der Waals surface area contributed by atoms with Gasteiger partial charge in [-0.15, -0.1) is 0 Å². The maximum absolute atomic E-state index is 12.9. The van der Waals surface area contributed by atoms with E-state index < -0.39 is 11.7 Å². The molecule has 29 heavy (non-hydrogen) atoms. The summed E-state index contributed by atoms with van der Waals surface area (Å²) in [5.41, 5.74) is 3.09. The van der Waals surface area contributed by atoms with E-state index in [1.54, 1.807) is 0 Å². The van der Waals surface area contributed by atoms with Gasteiger partial charge in [0.25, 0.3) is 0 Å². The molecule has 8 heteroatoms. The molecule has 152 valence electrons. The van der Waals surface area contributed by atoms with Crippen molar-refractivity contribution >= 4 is 0 Å². The smallest absolute Gasteiger partial charge is 0.296 e. The lowest BCUT2D eigenvalue weighted by molar-refractivity contribution is -0.137. The van der Waals surface area contributed by atoms with Crippen LogP contribution in [-0.4, -0.2) is 51.2 Å². The number of hydrogen-bond acceptors (Lipinski definition) is 4. The number of nitrogens with one attached hydrogen (secondary N) is 1. The summed E-state index contributed by atoms with van der Waals surface area (Å²) in [6.07, 6.45) is -1.24. The Kier molecular flexibility index (Phi) is 5.64. The predicted molar refractivity (Wildman–Crippen MR) is 104 cm³/mol. The van der Waals surface area contributed by atoms with Crippen molar-refractivity contribution in [2.24, 2.45) is 0 Å². The molecular formula is C21H22F3N5. The van der Waals surface area contributed by atoms with E-state index in [1.807, 2.05) is 24.4 Å². The maximum Gasteiger partial charge on any atom is 0.416 e. The number of aromatic amines is 1. The summed E-state index contributed by atoms with van der Waals surface area (Å²) in [5, 5.41) is 7.28. The standard InChI is InChI=1S/C21H22F3N5/c22-21(23,24)18-6-7-25-19(12-18)15-29-10-8-28(9-11-29)14-17-13-26-27-20(17)16-4-2-1-3-5-16/h1-7,12-13H,8-11,14-15H2,(H,26,27). The number of benzene rings is 1. The molecule has 0 spiro atoms. The van der Waals surface area contributed by atoms with Crippen LogP contribution in [0.4, 0.5) is 13.2 Å². The Hall–Kier alpha value is -2.71. The zero-order chi connectivity index (χ0) is 20.3. The summed E-state index contributed by atoms with van der Waals surface area (Å²) in [4.78, 5) is 8.59. The highest BCUT2D eigenvalue weighted by atomic mass is 19.4. The van der Waals surface area contributed by atoms with Crippen LogP contribution in [0.5, 0.6) is 0 Å². The van der Waals surface area contributed by atoms with Crippen molar-refractivity contribution in [1.29, 1.82) is 0 Å². The van der Waals surface area contributed by atoms with Crippen LogP contribution in [-0.2, 0) is 19.3 Å². The van der Waals surface area contributed by atoms with E-state index in [2.05, 4.69) is 37.1 Å². The molecular weight excluding hydrogens is 379 g/mol. The molecule has 1 aliphatic rings. The average Bonchev–Trinajstić information content (AvgIpc) is 3.18. The van der Waals surface area contributed by atoms with Crippen LogP contribution in [0.1, 0.15) is 16.8 Å². The highest BCUT2D eigenvalue weighted by Crippen LogP contribution is 2.29. The van der Waals surface area contributed by atoms with Crippen molar-refractivity contribution in [3.63, 3.8) is 0 Å². The predicted octanol–water partition coefficient (Wildman–Crippen LogP) is 3.81. The molecule has 1 aromatic carbocycles. The largest absolute Gasteiger partial charge is 0.416 e. The Bertz CT molecular complexity index is 931. The Labute approximate surface area is 167 Å². The quantitative estimate of drug-likeness (QED) is 0.706. The molecule has 0 bridgehead atoms. The minimum Gasteiger partial charge on any atom is -0.296 e. The molecule has 4 rings (SSSR count). The highest BCUT2D eigenvalue weighted by Gasteiger charge is 2.31. The van der Waals surface area contributed by atoms with Crippen molar-refractivity contribution < 1.29 is 13.2 Å². The first-order chi connectivity index (χ1) is 14.0. The number of nitrogens with zero attached hydrogens (tertiary/aromatic N) is 4. The van der Waals surface area contributed by atoms with Gasteiger partial charge in [0.15, 0.2) is 0 Å². The summed E-state index contributed by atoms with van der Waals surface area (Å²) >= 11 is 0. The average molecular weight is 401 g/mol. The van der Waals surface area contributed by atoms with E-state index in [0.29, 0.717) is 12.2 Å². The Morgan fingerprint density at radius 3 is 2.31 bits per heavy atom. The molecule has 1 N–H and O–H groups in total.